The van der Waals surface area contributed by atoms with E-state index in [9.17, 15) is 0 Å². The van der Waals surface area contributed by atoms with Gasteiger partial charge < -0.3 is 0 Å². The van der Waals surface area contributed by atoms with Crippen LogP contribution in [0.3, 0.4) is 0 Å². The summed E-state index contributed by atoms with van der Waals surface area (Å²) in [6.45, 7) is 0. The summed E-state index contributed by atoms with van der Waals surface area (Å²) in [6, 6.07) is 0. The summed E-state index contributed by atoms with van der Waals surface area (Å²) in [7, 11) is 1.75. The molecule has 0 aliphatic heterocycles. The lowest BCUT2D eigenvalue weighted by molar-refractivity contribution is -0.415. The zero-order chi connectivity index (χ0) is 3.41. The molecule has 2 nitrogen and oxygen atoms in total. The Bertz CT molecular complexity index is 19.2. The van der Waals surface area contributed by atoms with Crippen LogP contribution >= 0.6 is 0 Å². The van der Waals surface area contributed by atoms with Crippen molar-refractivity contribution >= 4 is 6.34 Å². The Morgan fingerprint density at radius 3 is 2.25 bits per heavy atom. The molecule has 3 N–H and O–H groups in total. The van der Waals surface area contributed by atoms with Gasteiger partial charge in [0.1, 0.15) is 0 Å². The van der Waals surface area contributed by atoms with Crippen LogP contribution in [0.2, 0.25) is 0 Å². The fraction of sp³-hybridized carbons (Fsp3) is 0.500. The van der Waals surface area contributed by atoms with Gasteiger partial charge in [-0.25, -0.2) is 0 Å². The van der Waals surface area contributed by atoms with E-state index in [-0.39, 0.29) is 0 Å². The van der Waals surface area contributed by atoms with Crippen LogP contribution in [0.15, 0.2) is 0 Å². The van der Waals surface area contributed by atoms with Crippen LogP contribution in [-0.2, 0) is 0 Å². The summed E-state index contributed by atoms with van der Waals surface area (Å²) in [5, 5.41) is 0. The molecule has 0 rings (SSSR count). The molecular formula is C2H7N2+. The molecule has 24 valence electrons. The van der Waals surface area contributed by atoms with Crippen molar-refractivity contribution in [3.63, 3.8) is 0 Å². The van der Waals surface area contributed by atoms with Gasteiger partial charge in [-0.05, 0) is 0 Å². The van der Waals surface area contributed by atoms with Crippen LogP contribution < -0.4 is 10.7 Å². The number of hydrogen-bond donors (Lipinski definition) is 2. The van der Waals surface area contributed by atoms with Crippen molar-refractivity contribution in [2.75, 3.05) is 7.05 Å². The van der Waals surface area contributed by atoms with E-state index in [0.29, 0.717) is 0 Å². The lowest BCUT2D eigenvalue weighted by Crippen LogP contribution is -2.64. The highest BCUT2D eigenvalue weighted by Crippen LogP contribution is 0.662. The molecule has 0 heterocycles. The highest BCUT2D eigenvalue weighted by atomic mass is 14.7. The zero-order valence-electron chi connectivity index (χ0n) is 2.65. The van der Waals surface area contributed by atoms with Crippen molar-refractivity contribution < 1.29 is 4.99 Å². The fourth-order valence-corrected chi connectivity index (χ4v) is 0. The van der Waals surface area contributed by atoms with Gasteiger partial charge in [0.2, 0.25) is 6.34 Å². The average Bonchev–Trinajstić information content (AvgIpc) is 1.37. The maximum atomic E-state index is 4.79. The molecule has 0 saturated carbocycles. The van der Waals surface area contributed by atoms with Gasteiger partial charge in [0.15, 0.2) is 0 Å². The van der Waals surface area contributed by atoms with Gasteiger partial charge >= 0.3 is 0 Å². The van der Waals surface area contributed by atoms with Gasteiger partial charge in [-0.2, -0.15) is 0 Å². The van der Waals surface area contributed by atoms with Crippen LogP contribution in [0.1, 0.15) is 0 Å². The minimum Gasteiger partial charge on any atom is -0.294 e. The molecule has 0 spiro atoms. The summed E-state index contributed by atoms with van der Waals surface area (Å²) >= 11 is 0. The second kappa shape index (κ2) is 2.47. The number of nitrogens with two attached hydrogens (primary N) is 1. The molecule has 0 aromatic rings. The Balaban J connectivity index is 2.55. The van der Waals surface area contributed by atoms with E-state index in [1.54, 1.807) is 7.05 Å². The third-order valence-corrected chi connectivity index (χ3v) is 0.167. The molecule has 2 heteroatoms. The highest BCUT2D eigenvalue weighted by molar-refractivity contribution is 5.42. The van der Waals surface area contributed by atoms with E-state index in [1.165, 1.54) is 6.34 Å². The molecular weight excluding hydrogens is 52.0 g/mol. The Morgan fingerprint density at radius 1 is 2.00 bits per heavy atom. The topological polar surface area (TPSA) is 40.0 Å². The molecule has 4 heavy (non-hydrogen) atoms. The quantitative estimate of drug-likeness (QED) is 0.239. The van der Waals surface area contributed by atoms with Crippen molar-refractivity contribution in [1.82, 2.24) is 0 Å². The van der Waals surface area contributed by atoms with Gasteiger partial charge in [-0.1, -0.05) is 0 Å². The smallest absolute Gasteiger partial charge is 0.227 e. The number of rotatable bonds is 0. The third kappa shape index (κ3) is 1.47. The Morgan fingerprint density at radius 2 is 2.25 bits per heavy atom. The van der Waals surface area contributed by atoms with Crippen molar-refractivity contribution in [2.45, 2.75) is 0 Å². The van der Waals surface area contributed by atoms with E-state index in [0.717, 1.165) is 0 Å². The van der Waals surface area contributed by atoms with Gasteiger partial charge in [-0.3, -0.25) is 10.7 Å². The van der Waals surface area contributed by atoms with E-state index in [1.807, 2.05) is 0 Å². The maximum Gasteiger partial charge on any atom is 0.227 e. The van der Waals surface area contributed by atoms with Crippen LogP contribution in [-0.4, -0.2) is 13.4 Å². The molecule has 0 atom stereocenters. The van der Waals surface area contributed by atoms with Crippen molar-refractivity contribution in [3.05, 3.63) is 0 Å². The molecule has 0 aromatic carbocycles. The normalized spacial score (nSPS) is 9.25. The predicted octanol–water partition coefficient (Wildman–Crippen LogP) is -2.32. The van der Waals surface area contributed by atoms with Gasteiger partial charge in [0, 0.05) is 0 Å². The second-order valence-corrected chi connectivity index (χ2v) is 0.455. The summed E-state index contributed by atoms with van der Waals surface area (Å²) in [5.74, 6) is 0. The van der Waals surface area contributed by atoms with Gasteiger partial charge in [0.05, 0.1) is 7.05 Å². The summed E-state index contributed by atoms with van der Waals surface area (Å²) < 4.78 is 0. The first-order valence-electron chi connectivity index (χ1n) is 1.12. The maximum absolute atomic E-state index is 4.79. The molecule has 0 unspecified atom stereocenters. The number of hydrogen-bond acceptors (Lipinski definition) is 0. The monoisotopic (exact) mass is 59.1 g/mol. The van der Waals surface area contributed by atoms with Gasteiger partial charge in [0.25, 0.3) is 0 Å². The van der Waals surface area contributed by atoms with Crippen molar-refractivity contribution in [2.24, 2.45) is 5.73 Å². The molecule has 0 saturated heterocycles. The molecule has 0 fully saturated rings. The molecule has 0 bridgehead atoms. The van der Waals surface area contributed by atoms with Crippen LogP contribution in [0, 0.1) is 0 Å². The van der Waals surface area contributed by atoms with Crippen molar-refractivity contribution in [3.8, 4) is 0 Å². The molecule has 0 aliphatic rings. The Hall–Kier alpha value is -0.530. The first-order chi connectivity index (χ1) is 1.91. The second-order valence-electron chi connectivity index (χ2n) is 0.455. The Kier molecular flexibility index (Phi) is 2.14. The highest BCUT2D eigenvalue weighted by Gasteiger charge is 1.38. The summed E-state index contributed by atoms with van der Waals surface area (Å²) in [4.78, 5) is 2.58. The lowest BCUT2D eigenvalue weighted by atomic mass is 11.3. The SMILES string of the molecule is C[NH+]=CN. The summed E-state index contributed by atoms with van der Waals surface area (Å²) in [6.07, 6.45) is 1.38. The fourth-order valence-electron chi connectivity index (χ4n) is 0. The lowest BCUT2D eigenvalue weighted by Gasteiger charge is -1.49. The molecule has 0 aromatic heterocycles. The van der Waals surface area contributed by atoms with Crippen LogP contribution in [0.4, 0.5) is 0 Å². The largest absolute Gasteiger partial charge is 0.294 e. The summed E-state index contributed by atoms with van der Waals surface area (Å²) in [5.41, 5.74) is 4.79. The predicted molar refractivity (Wildman–Crippen MR) is 17.1 cm³/mol. The number of nitrogens with one attached hydrogen (secondary N) is 1. The van der Waals surface area contributed by atoms with E-state index in [2.05, 4.69) is 4.99 Å². The molecule has 0 radical (unpaired) electrons. The molecule has 0 aliphatic carbocycles. The minimum absolute atomic E-state index is 1.38. The van der Waals surface area contributed by atoms with E-state index >= 15 is 0 Å². The standard InChI is InChI=1S/C2H6N2/c1-4-2-3/h2H,1H3,(H2,3,4)/p+1. The Labute approximate surface area is 25.3 Å². The first-order valence-corrected chi connectivity index (χ1v) is 1.12. The van der Waals surface area contributed by atoms with E-state index < -0.39 is 0 Å². The average molecular weight is 59.1 g/mol. The van der Waals surface area contributed by atoms with Crippen LogP contribution in [0.25, 0.3) is 0 Å². The van der Waals surface area contributed by atoms with Crippen LogP contribution in [0.5, 0.6) is 0 Å². The molecule has 0 amide bonds. The third-order valence-electron chi connectivity index (χ3n) is 0.167. The minimum atomic E-state index is 1.38. The zero-order valence-corrected chi connectivity index (χ0v) is 2.65. The van der Waals surface area contributed by atoms with Crippen molar-refractivity contribution in [1.29, 1.82) is 0 Å². The first kappa shape index (κ1) is 3.47. The van der Waals surface area contributed by atoms with E-state index in [4.69, 9.17) is 5.73 Å². The van der Waals surface area contributed by atoms with Gasteiger partial charge in [-0.15, -0.1) is 0 Å².